The van der Waals surface area contributed by atoms with Crippen LogP contribution in [0.3, 0.4) is 0 Å². The number of benzene rings is 4. The fraction of sp³-hybridized carbons (Fsp3) is 0.491. The van der Waals surface area contributed by atoms with Crippen LogP contribution in [-0.4, -0.2) is 94.9 Å². The molecule has 0 aliphatic carbocycles. The summed E-state index contributed by atoms with van der Waals surface area (Å²) in [5, 5.41) is 30.7. The highest BCUT2D eigenvalue weighted by Crippen LogP contribution is 2.52. The third kappa shape index (κ3) is 14.3. The van der Waals surface area contributed by atoms with E-state index in [1.807, 2.05) is 106 Å². The Kier molecular flexibility index (Phi) is 21.3. The first kappa shape index (κ1) is 56.5. The number of nitro benzene ring substituents is 1. The summed E-state index contributed by atoms with van der Waals surface area (Å²) in [7, 11) is 1.66. The number of carbonyl (C=O) groups is 3. The minimum Gasteiger partial charge on any atom is -0.497 e. The van der Waals surface area contributed by atoms with Crippen LogP contribution in [0.25, 0.3) is 0 Å². The van der Waals surface area contributed by atoms with E-state index in [9.17, 15) is 24.5 Å². The zero-order valence-corrected chi connectivity index (χ0v) is 44.9. The molecule has 2 saturated heterocycles. The van der Waals surface area contributed by atoms with Crippen molar-refractivity contribution in [2.45, 2.75) is 140 Å². The van der Waals surface area contributed by atoms with Gasteiger partial charge >= 0.3 is 6.03 Å². The van der Waals surface area contributed by atoms with Crippen LogP contribution >= 0.6 is 20.3 Å². The van der Waals surface area contributed by atoms with Crippen LogP contribution in [0.2, 0.25) is 0 Å². The van der Waals surface area contributed by atoms with Gasteiger partial charge in [-0.3, -0.25) is 19.7 Å². The largest absolute Gasteiger partial charge is 0.497 e. The SMILES string of the molecule is COc1ccc(C(c2ccccc2)(c2ccc(OC)cc2)N2C(=O)NC3C(CCCCC(=O)NCCCCCC(=O)NCc4ccc([N+](=O)[O-])c(C(C)OP(OCCC#N)N(C(C)C)C(C)C)c4)SCC32)cc1. The first-order valence-corrected chi connectivity index (χ1v) is 27.5. The lowest BCUT2D eigenvalue weighted by molar-refractivity contribution is -0.386. The Labute approximate surface area is 436 Å². The molecule has 392 valence electrons. The number of carbonyl (C=O) groups excluding carboxylic acids is 3. The van der Waals surface area contributed by atoms with Crippen molar-refractivity contribution in [3.05, 3.63) is 135 Å². The third-order valence-corrected chi connectivity index (χ3v) is 17.1. The van der Waals surface area contributed by atoms with Gasteiger partial charge in [-0.2, -0.15) is 17.0 Å². The summed E-state index contributed by atoms with van der Waals surface area (Å²) >= 11 is 1.88. The Hall–Kier alpha value is -5.76. The molecule has 3 N–H and O–H groups in total. The van der Waals surface area contributed by atoms with Gasteiger partial charge < -0.3 is 39.4 Å². The van der Waals surface area contributed by atoms with Gasteiger partial charge in [-0.1, -0.05) is 73.5 Å². The lowest BCUT2D eigenvalue weighted by Gasteiger charge is -2.45. The van der Waals surface area contributed by atoms with Gasteiger partial charge in [-0.25, -0.2) is 9.46 Å². The third-order valence-electron chi connectivity index (χ3n) is 13.4. The molecule has 2 fully saturated rings. The molecule has 0 saturated carbocycles. The van der Waals surface area contributed by atoms with Gasteiger partial charge in [0.15, 0.2) is 0 Å². The molecule has 0 spiro atoms. The topological polar surface area (TPSA) is 198 Å². The van der Waals surface area contributed by atoms with Crippen molar-refractivity contribution in [3.63, 3.8) is 0 Å². The maximum atomic E-state index is 14.5. The summed E-state index contributed by atoms with van der Waals surface area (Å²) in [6.45, 7) is 10.7. The second-order valence-corrected chi connectivity index (χ2v) is 21.6. The van der Waals surface area contributed by atoms with Crippen LogP contribution in [0.4, 0.5) is 10.5 Å². The maximum absolute atomic E-state index is 14.5. The number of fused-ring (bicyclic) bond motifs is 1. The van der Waals surface area contributed by atoms with E-state index in [-0.39, 0.29) is 72.5 Å². The monoisotopic (exact) mass is 1040 g/mol. The molecule has 18 heteroatoms. The van der Waals surface area contributed by atoms with Crippen LogP contribution in [0.5, 0.6) is 11.5 Å². The molecule has 73 heavy (non-hydrogen) atoms. The molecule has 4 amide bonds. The van der Waals surface area contributed by atoms with Gasteiger partial charge in [-0.05, 0) is 113 Å². The summed E-state index contributed by atoms with van der Waals surface area (Å²) in [5.74, 6) is 2.10. The highest BCUT2D eigenvalue weighted by Gasteiger charge is 2.57. The zero-order valence-electron chi connectivity index (χ0n) is 43.2. The number of thioether (sulfide) groups is 1. The zero-order chi connectivity index (χ0) is 52.5. The van der Waals surface area contributed by atoms with Crippen molar-refractivity contribution >= 4 is 43.8 Å². The minimum absolute atomic E-state index is 0.00385. The molecular weight excluding hydrogens is 966 g/mol. The number of nitro groups is 1. The van der Waals surface area contributed by atoms with Crippen LogP contribution < -0.4 is 25.4 Å². The van der Waals surface area contributed by atoms with Crippen LogP contribution in [0, 0.1) is 21.4 Å². The van der Waals surface area contributed by atoms with Crippen molar-refractivity contribution < 1.29 is 37.8 Å². The fourth-order valence-electron chi connectivity index (χ4n) is 9.91. The molecule has 5 atom stereocenters. The fourth-order valence-corrected chi connectivity index (χ4v) is 13.2. The van der Waals surface area contributed by atoms with Gasteiger partial charge in [0.05, 0.1) is 62.0 Å². The number of nitrogens with one attached hydrogen (secondary N) is 3. The van der Waals surface area contributed by atoms with Gasteiger partial charge in [0.1, 0.15) is 17.0 Å². The number of rotatable bonds is 29. The van der Waals surface area contributed by atoms with Crippen molar-refractivity contribution in [1.82, 2.24) is 25.5 Å². The quantitative estimate of drug-likeness (QED) is 0.0116. The molecule has 5 unspecified atom stereocenters. The maximum Gasteiger partial charge on any atom is 0.319 e. The van der Waals surface area contributed by atoms with E-state index in [4.69, 9.17) is 23.8 Å². The number of hydrogen-bond acceptors (Lipinski definition) is 12. The Bertz CT molecular complexity index is 2420. The minimum atomic E-state index is -1.63. The average molecular weight is 1040 g/mol. The number of methoxy groups -OCH3 is 2. The average Bonchev–Trinajstić information content (AvgIpc) is 3.93. The van der Waals surface area contributed by atoms with Crippen LogP contribution in [-0.2, 0) is 30.7 Å². The van der Waals surface area contributed by atoms with E-state index < -0.39 is 25.1 Å². The predicted octanol–water partition coefficient (Wildman–Crippen LogP) is 10.7. The van der Waals surface area contributed by atoms with Gasteiger partial charge in [0.25, 0.3) is 14.2 Å². The molecule has 0 aromatic heterocycles. The van der Waals surface area contributed by atoms with Crippen LogP contribution in [0.15, 0.2) is 97.1 Å². The molecule has 4 aromatic rings. The number of hydrogen-bond donors (Lipinski definition) is 3. The molecule has 0 radical (unpaired) electrons. The number of urea groups is 1. The van der Waals surface area contributed by atoms with E-state index in [0.717, 1.165) is 66.0 Å². The first-order chi connectivity index (χ1) is 35.2. The molecular formula is C55H72N7O9PS. The standard InChI is InChI=1S/C55H72N7O9PS/c1-38(2)61(39(3)4)72(70-34-16-32-56)71-40(5)47-35-41(22-31-48(47)62(66)67)36-58-52(64)20-12-9-15-33-57-51(63)21-14-13-19-50-53-49(37-73-50)60(54(65)59-53)55(42-17-10-8-11-18-42,43-23-27-45(68-6)28-24-43)44-25-29-46(69-7)30-26-44/h8,10-11,17-18,22-31,35,38-40,49-50,53H,9,12-16,19-21,33-34,36-37H2,1-7H3,(H,57,63)(H,58,64)(H,59,65). The molecule has 16 nitrogen and oxygen atoms in total. The first-order valence-electron chi connectivity index (χ1n) is 25.3. The summed E-state index contributed by atoms with van der Waals surface area (Å²) in [6, 6.07) is 32.9. The molecule has 2 aliphatic heterocycles. The van der Waals surface area contributed by atoms with Crippen molar-refractivity contribution in [2.75, 3.05) is 33.1 Å². The highest BCUT2D eigenvalue weighted by molar-refractivity contribution is 8.00. The molecule has 2 heterocycles. The number of ether oxygens (including phenoxy) is 2. The van der Waals surface area contributed by atoms with Gasteiger partial charge in [0.2, 0.25) is 11.8 Å². The van der Waals surface area contributed by atoms with E-state index in [0.29, 0.717) is 36.9 Å². The van der Waals surface area contributed by atoms with E-state index >= 15 is 0 Å². The number of amides is 4. The summed E-state index contributed by atoms with van der Waals surface area (Å²) < 4.78 is 25.5. The van der Waals surface area contributed by atoms with E-state index in [2.05, 4.69) is 43.7 Å². The molecule has 2 aliphatic rings. The van der Waals surface area contributed by atoms with Gasteiger partial charge in [-0.15, -0.1) is 0 Å². The second kappa shape index (κ2) is 27.5. The Morgan fingerprint density at radius 3 is 2.05 bits per heavy atom. The van der Waals surface area contributed by atoms with Crippen molar-refractivity contribution in [2.24, 2.45) is 0 Å². The number of nitriles is 1. The summed E-state index contributed by atoms with van der Waals surface area (Å²) in [6.07, 6.45) is 4.83. The Morgan fingerprint density at radius 1 is 0.863 bits per heavy atom. The second-order valence-electron chi connectivity index (χ2n) is 18.9. The van der Waals surface area contributed by atoms with Crippen LogP contribution in [0.1, 0.15) is 126 Å². The van der Waals surface area contributed by atoms with E-state index in [1.54, 1.807) is 33.3 Å². The summed E-state index contributed by atoms with van der Waals surface area (Å²) in [5.41, 5.74) is 2.90. The van der Waals surface area contributed by atoms with Gasteiger partial charge in [0, 0.05) is 55.1 Å². The summed E-state index contributed by atoms with van der Waals surface area (Å²) in [4.78, 5) is 53.8. The number of unbranched alkanes of at least 4 members (excludes halogenated alkanes) is 3. The number of nitrogens with zero attached hydrogens (tertiary/aromatic N) is 4. The van der Waals surface area contributed by atoms with E-state index in [1.165, 1.54) is 6.07 Å². The predicted molar refractivity (Wildman–Crippen MR) is 286 cm³/mol. The highest BCUT2D eigenvalue weighted by atomic mass is 32.2. The Morgan fingerprint density at radius 2 is 1.47 bits per heavy atom. The van der Waals surface area contributed by atoms with Crippen molar-refractivity contribution in [3.8, 4) is 17.6 Å². The molecule has 6 rings (SSSR count). The normalized spacial score (nSPS) is 17.2. The lowest BCUT2D eigenvalue weighted by atomic mass is 9.74. The lowest BCUT2D eigenvalue weighted by Crippen LogP contribution is -2.53. The molecule has 0 bridgehead atoms. The molecule has 4 aromatic carbocycles. The van der Waals surface area contributed by atoms with Crippen molar-refractivity contribution in [1.29, 1.82) is 5.26 Å². The smallest absolute Gasteiger partial charge is 0.319 e. The Balaban J connectivity index is 0.940.